The number of hydrogen-bond acceptors (Lipinski definition) is 5. The zero-order chi connectivity index (χ0) is 16.6. The Hall–Kier alpha value is -1.79. The van der Waals surface area contributed by atoms with Gasteiger partial charge in [-0.3, -0.25) is 4.79 Å². The van der Waals surface area contributed by atoms with Gasteiger partial charge in [-0.25, -0.2) is 9.59 Å². The van der Waals surface area contributed by atoms with Crippen molar-refractivity contribution in [2.24, 2.45) is 0 Å². The first kappa shape index (κ1) is 19.2. The van der Waals surface area contributed by atoms with E-state index in [1.165, 1.54) is 14.0 Å². The molecule has 0 aliphatic rings. The Bertz CT molecular complexity index is 376. The van der Waals surface area contributed by atoms with Gasteiger partial charge in [0.2, 0.25) is 5.91 Å². The van der Waals surface area contributed by atoms with E-state index in [1.807, 2.05) is 6.92 Å². The third kappa shape index (κ3) is 8.16. The molecule has 122 valence electrons. The van der Waals surface area contributed by atoms with Crippen molar-refractivity contribution in [3.05, 3.63) is 0 Å². The SMILES string of the molecule is CCCC(NC(=O)OC(C)(C)C)C(=O)NC(C)C(=O)OC. The average molecular weight is 302 g/mol. The number of amides is 2. The van der Waals surface area contributed by atoms with Crippen molar-refractivity contribution in [2.75, 3.05) is 7.11 Å². The lowest BCUT2D eigenvalue weighted by Crippen LogP contribution is -2.51. The molecule has 0 aliphatic heterocycles. The van der Waals surface area contributed by atoms with Gasteiger partial charge in [-0.2, -0.15) is 0 Å². The summed E-state index contributed by atoms with van der Waals surface area (Å²) in [4.78, 5) is 35.1. The summed E-state index contributed by atoms with van der Waals surface area (Å²) in [5.74, 6) is -0.989. The second-order valence-corrected chi connectivity index (χ2v) is 5.74. The van der Waals surface area contributed by atoms with E-state index in [4.69, 9.17) is 4.74 Å². The molecule has 0 fully saturated rings. The summed E-state index contributed by atoms with van der Waals surface area (Å²) < 4.78 is 9.65. The van der Waals surface area contributed by atoms with Crippen molar-refractivity contribution in [2.45, 2.75) is 65.1 Å². The molecule has 0 bridgehead atoms. The molecule has 21 heavy (non-hydrogen) atoms. The molecule has 7 nitrogen and oxygen atoms in total. The van der Waals surface area contributed by atoms with Crippen LogP contribution >= 0.6 is 0 Å². The molecule has 0 radical (unpaired) electrons. The van der Waals surface area contributed by atoms with Crippen LogP contribution in [-0.4, -0.2) is 42.8 Å². The van der Waals surface area contributed by atoms with Crippen LogP contribution in [0.3, 0.4) is 0 Å². The standard InChI is InChI=1S/C14H26N2O5/c1-7-8-10(16-13(19)21-14(3,4)5)11(17)15-9(2)12(18)20-6/h9-10H,7-8H2,1-6H3,(H,15,17)(H,16,19). The van der Waals surface area contributed by atoms with Gasteiger partial charge in [0.25, 0.3) is 0 Å². The van der Waals surface area contributed by atoms with E-state index in [0.717, 1.165) is 0 Å². The number of rotatable bonds is 6. The lowest BCUT2D eigenvalue weighted by molar-refractivity contribution is -0.144. The van der Waals surface area contributed by atoms with Gasteiger partial charge in [-0.15, -0.1) is 0 Å². The van der Waals surface area contributed by atoms with E-state index in [1.54, 1.807) is 20.8 Å². The summed E-state index contributed by atoms with van der Waals surface area (Å²) in [6.07, 6.45) is 0.473. The van der Waals surface area contributed by atoms with Gasteiger partial charge in [-0.1, -0.05) is 13.3 Å². The summed E-state index contributed by atoms with van der Waals surface area (Å²) in [7, 11) is 1.24. The van der Waals surface area contributed by atoms with Gasteiger partial charge < -0.3 is 20.1 Å². The molecule has 0 saturated heterocycles. The van der Waals surface area contributed by atoms with Crippen molar-refractivity contribution >= 4 is 18.0 Å². The summed E-state index contributed by atoms with van der Waals surface area (Å²) in [6.45, 7) is 8.61. The van der Waals surface area contributed by atoms with Gasteiger partial charge >= 0.3 is 12.1 Å². The minimum Gasteiger partial charge on any atom is -0.467 e. The molecular weight excluding hydrogens is 276 g/mol. The Kier molecular flexibility index (Phi) is 7.76. The molecule has 0 spiro atoms. The number of esters is 1. The first-order chi connectivity index (χ1) is 9.60. The monoisotopic (exact) mass is 302 g/mol. The lowest BCUT2D eigenvalue weighted by atomic mass is 10.1. The Morgan fingerprint density at radius 1 is 1.14 bits per heavy atom. The summed E-state index contributed by atoms with van der Waals surface area (Å²) >= 11 is 0. The average Bonchev–Trinajstić information content (AvgIpc) is 2.34. The number of methoxy groups -OCH3 is 1. The maximum atomic E-state index is 12.1. The number of hydrogen-bond donors (Lipinski definition) is 2. The van der Waals surface area contributed by atoms with Crippen LogP contribution in [0.25, 0.3) is 0 Å². The lowest BCUT2D eigenvalue weighted by Gasteiger charge is -2.23. The number of nitrogens with one attached hydrogen (secondary N) is 2. The molecule has 0 aromatic heterocycles. The van der Waals surface area contributed by atoms with Crippen LogP contribution < -0.4 is 10.6 Å². The molecule has 0 aromatic carbocycles. The highest BCUT2D eigenvalue weighted by molar-refractivity contribution is 5.89. The first-order valence-corrected chi connectivity index (χ1v) is 6.98. The highest BCUT2D eigenvalue weighted by atomic mass is 16.6. The van der Waals surface area contributed by atoms with Crippen molar-refractivity contribution < 1.29 is 23.9 Å². The topological polar surface area (TPSA) is 93.7 Å². The molecule has 0 heterocycles. The van der Waals surface area contributed by atoms with Crippen molar-refractivity contribution in [3.63, 3.8) is 0 Å². The smallest absolute Gasteiger partial charge is 0.408 e. The molecule has 2 unspecified atom stereocenters. The summed E-state index contributed by atoms with van der Waals surface area (Å²) in [5, 5.41) is 5.01. The predicted octanol–water partition coefficient (Wildman–Crippen LogP) is 1.36. The molecule has 2 amide bonds. The van der Waals surface area contributed by atoms with E-state index in [-0.39, 0.29) is 0 Å². The minimum atomic E-state index is -0.776. The number of carbonyl (C=O) groups is 3. The molecule has 0 saturated carbocycles. The normalized spacial score (nSPS) is 13.8. The Labute approximate surface area is 125 Å². The van der Waals surface area contributed by atoms with Crippen molar-refractivity contribution in [3.8, 4) is 0 Å². The summed E-state index contributed by atoms with van der Waals surface area (Å²) in [6, 6.07) is -1.53. The maximum Gasteiger partial charge on any atom is 0.408 e. The van der Waals surface area contributed by atoms with Crippen LogP contribution in [0, 0.1) is 0 Å². The minimum absolute atomic E-state index is 0.443. The van der Waals surface area contributed by atoms with Gasteiger partial charge in [0.15, 0.2) is 0 Å². The van der Waals surface area contributed by atoms with Crippen LogP contribution in [0.4, 0.5) is 4.79 Å². The quantitative estimate of drug-likeness (QED) is 0.722. The largest absolute Gasteiger partial charge is 0.467 e. The van der Waals surface area contributed by atoms with Crippen LogP contribution in [-0.2, 0) is 19.1 Å². The number of carbonyl (C=O) groups excluding carboxylic acids is 3. The van der Waals surface area contributed by atoms with Gasteiger partial charge in [0, 0.05) is 0 Å². The number of ether oxygens (including phenoxy) is 2. The molecule has 7 heteroatoms. The molecule has 0 rings (SSSR count). The fraction of sp³-hybridized carbons (Fsp3) is 0.786. The van der Waals surface area contributed by atoms with Crippen LogP contribution in [0.1, 0.15) is 47.5 Å². The van der Waals surface area contributed by atoms with Crippen LogP contribution in [0.5, 0.6) is 0 Å². The zero-order valence-corrected chi connectivity index (χ0v) is 13.6. The maximum absolute atomic E-state index is 12.1. The fourth-order valence-corrected chi connectivity index (χ4v) is 1.56. The molecule has 2 atom stereocenters. The van der Waals surface area contributed by atoms with Crippen molar-refractivity contribution in [1.29, 1.82) is 0 Å². The highest BCUT2D eigenvalue weighted by Gasteiger charge is 2.26. The molecule has 2 N–H and O–H groups in total. The van der Waals surface area contributed by atoms with E-state index in [0.29, 0.717) is 12.8 Å². The van der Waals surface area contributed by atoms with Gasteiger partial charge in [0.1, 0.15) is 17.7 Å². The van der Waals surface area contributed by atoms with Crippen LogP contribution in [0.15, 0.2) is 0 Å². The first-order valence-electron chi connectivity index (χ1n) is 6.98. The third-order valence-corrected chi connectivity index (χ3v) is 2.50. The second kappa shape index (κ2) is 8.49. The number of alkyl carbamates (subject to hydrolysis) is 1. The Balaban J connectivity index is 4.63. The highest BCUT2D eigenvalue weighted by Crippen LogP contribution is 2.08. The van der Waals surface area contributed by atoms with Crippen molar-refractivity contribution in [1.82, 2.24) is 10.6 Å². The van der Waals surface area contributed by atoms with E-state index >= 15 is 0 Å². The van der Waals surface area contributed by atoms with Gasteiger partial charge in [-0.05, 0) is 34.1 Å². The molecular formula is C14H26N2O5. The second-order valence-electron chi connectivity index (χ2n) is 5.74. The third-order valence-electron chi connectivity index (χ3n) is 2.50. The Morgan fingerprint density at radius 2 is 1.71 bits per heavy atom. The summed E-state index contributed by atoms with van der Waals surface area (Å²) in [5.41, 5.74) is -0.642. The fourth-order valence-electron chi connectivity index (χ4n) is 1.56. The van der Waals surface area contributed by atoms with Gasteiger partial charge in [0.05, 0.1) is 7.11 Å². The van der Waals surface area contributed by atoms with E-state index in [2.05, 4.69) is 15.4 Å². The van der Waals surface area contributed by atoms with E-state index < -0.39 is 35.7 Å². The Morgan fingerprint density at radius 3 is 2.14 bits per heavy atom. The van der Waals surface area contributed by atoms with Crippen LogP contribution in [0.2, 0.25) is 0 Å². The zero-order valence-electron chi connectivity index (χ0n) is 13.6. The molecule has 0 aliphatic carbocycles. The van der Waals surface area contributed by atoms with E-state index in [9.17, 15) is 14.4 Å². The predicted molar refractivity (Wildman–Crippen MR) is 77.7 cm³/mol. The molecule has 0 aromatic rings.